The Labute approximate surface area is 116 Å². The van der Waals surface area contributed by atoms with Crippen molar-refractivity contribution in [2.24, 2.45) is 0 Å². The van der Waals surface area contributed by atoms with E-state index in [1.807, 2.05) is 24.3 Å². The third-order valence-corrected chi connectivity index (χ3v) is 3.16. The van der Waals surface area contributed by atoms with Crippen LogP contribution < -0.4 is 5.56 Å². The molecule has 0 saturated carbocycles. The van der Waals surface area contributed by atoms with E-state index in [9.17, 15) is 9.59 Å². The van der Waals surface area contributed by atoms with Crippen LogP contribution in [0.4, 0.5) is 0 Å². The van der Waals surface area contributed by atoms with Gasteiger partial charge in [-0.1, -0.05) is 18.2 Å². The van der Waals surface area contributed by atoms with Gasteiger partial charge in [0.2, 0.25) is 0 Å². The first kappa shape index (κ1) is 14.3. The molecule has 106 valence electrons. The molecule has 20 heavy (non-hydrogen) atoms. The lowest BCUT2D eigenvalue weighted by molar-refractivity contribution is -0.150. The Kier molecular flexibility index (Phi) is 4.53. The van der Waals surface area contributed by atoms with E-state index in [0.717, 1.165) is 10.9 Å². The molecule has 1 aromatic heterocycles. The van der Waals surface area contributed by atoms with Crippen molar-refractivity contribution in [2.75, 3.05) is 6.61 Å². The van der Waals surface area contributed by atoms with Crippen molar-refractivity contribution in [3.63, 3.8) is 0 Å². The van der Waals surface area contributed by atoms with E-state index in [-0.39, 0.29) is 12.0 Å². The number of aromatic nitrogens is 1. The maximum absolute atomic E-state index is 11.9. The average molecular weight is 275 g/mol. The Morgan fingerprint density at radius 3 is 2.75 bits per heavy atom. The summed E-state index contributed by atoms with van der Waals surface area (Å²) >= 11 is 0. The van der Waals surface area contributed by atoms with Crippen molar-refractivity contribution < 1.29 is 14.6 Å². The van der Waals surface area contributed by atoms with Gasteiger partial charge in [0.25, 0.3) is 5.56 Å². The summed E-state index contributed by atoms with van der Waals surface area (Å²) in [5.74, 6) is -1.000. The standard InChI is InChI=1S/C15H17NO4/c1-2-20-13(15(18)19)9-10-16-12-6-4-3-5-11(12)7-8-14(16)17/h3-8,13H,2,9-10H2,1H3,(H,18,19). The van der Waals surface area contributed by atoms with Crippen LogP contribution in [0.25, 0.3) is 10.9 Å². The van der Waals surface area contributed by atoms with Crippen molar-refractivity contribution >= 4 is 16.9 Å². The number of carboxylic acid groups (broad SMARTS) is 1. The summed E-state index contributed by atoms with van der Waals surface area (Å²) in [5.41, 5.74) is 0.671. The normalized spacial score (nSPS) is 12.4. The minimum Gasteiger partial charge on any atom is -0.479 e. The molecule has 0 aliphatic heterocycles. The second-order valence-corrected chi connectivity index (χ2v) is 4.45. The number of aliphatic carboxylic acids is 1. The minimum absolute atomic E-state index is 0.135. The molecule has 0 aliphatic carbocycles. The van der Waals surface area contributed by atoms with Crippen LogP contribution in [-0.2, 0) is 16.1 Å². The van der Waals surface area contributed by atoms with E-state index in [2.05, 4.69) is 0 Å². The maximum Gasteiger partial charge on any atom is 0.332 e. The smallest absolute Gasteiger partial charge is 0.332 e. The number of fused-ring (bicyclic) bond motifs is 1. The largest absolute Gasteiger partial charge is 0.479 e. The number of hydrogen-bond donors (Lipinski definition) is 1. The van der Waals surface area contributed by atoms with Gasteiger partial charge < -0.3 is 14.4 Å². The van der Waals surface area contributed by atoms with E-state index in [1.165, 1.54) is 6.07 Å². The zero-order valence-electron chi connectivity index (χ0n) is 11.3. The molecule has 0 aliphatic rings. The number of carbonyl (C=O) groups is 1. The number of benzene rings is 1. The van der Waals surface area contributed by atoms with Crippen molar-refractivity contribution in [3.05, 3.63) is 46.8 Å². The molecule has 5 heteroatoms. The summed E-state index contributed by atoms with van der Waals surface area (Å²) in [4.78, 5) is 23.0. The SMILES string of the molecule is CCOC(CCn1c(=O)ccc2ccccc21)C(=O)O. The molecular weight excluding hydrogens is 258 g/mol. The van der Waals surface area contributed by atoms with Gasteiger partial charge in [-0.25, -0.2) is 4.79 Å². The quantitative estimate of drug-likeness (QED) is 0.874. The first-order chi connectivity index (χ1) is 9.63. The Balaban J connectivity index is 2.27. The predicted molar refractivity (Wildman–Crippen MR) is 75.9 cm³/mol. The third-order valence-electron chi connectivity index (χ3n) is 3.16. The average Bonchev–Trinajstić information content (AvgIpc) is 2.44. The van der Waals surface area contributed by atoms with Gasteiger partial charge in [0, 0.05) is 25.6 Å². The summed E-state index contributed by atoms with van der Waals surface area (Å²) in [7, 11) is 0. The van der Waals surface area contributed by atoms with E-state index >= 15 is 0 Å². The van der Waals surface area contributed by atoms with Crippen LogP contribution in [0.2, 0.25) is 0 Å². The fourth-order valence-electron chi connectivity index (χ4n) is 2.20. The third kappa shape index (κ3) is 3.05. The molecule has 0 saturated heterocycles. The monoisotopic (exact) mass is 275 g/mol. The van der Waals surface area contributed by atoms with Gasteiger partial charge in [-0.2, -0.15) is 0 Å². The molecule has 1 heterocycles. The summed E-state index contributed by atoms with van der Waals surface area (Å²) in [6.07, 6.45) is -0.622. The molecule has 0 amide bonds. The zero-order chi connectivity index (χ0) is 14.5. The summed E-state index contributed by atoms with van der Waals surface area (Å²) in [5, 5.41) is 10.0. The minimum atomic E-state index is -1.000. The molecule has 2 aromatic rings. The molecule has 1 N–H and O–H groups in total. The second kappa shape index (κ2) is 6.34. The van der Waals surface area contributed by atoms with Crippen LogP contribution in [0.15, 0.2) is 41.2 Å². The van der Waals surface area contributed by atoms with E-state index in [1.54, 1.807) is 17.6 Å². The molecule has 0 radical (unpaired) electrons. The number of hydrogen-bond acceptors (Lipinski definition) is 3. The van der Waals surface area contributed by atoms with Crippen molar-refractivity contribution in [1.29, 1.82) is 0 Å². The summed E-state index contributed by atoms with van der Waals surface area (Å²) < 4.78 is 6.75. The number of nitrogens with zero attached hydrogens (tertiary/aromatic N) is 1. The van der Waals surface area contributed by atoms with Crippen molar-refractivity contribution in [3.8, 4) is 0 Å². The number of ether oxygens (including phenoxy) is 1. The molecule has 2 rings (SSSR count). The molecular formula is C15H17NO4. The number of aryl methyl sites for hydroxylation is 1. The summed E-state index contributed by atoms with van der Waals surface area (Å²) in [6, 6.07) is 10.8. The first-order valence-corrected chi connectivity index (χ1v) is 6.56. The van der Waals surface area contributed by atoms with Gasteiger partial charge in [-0.3, -0.25) is 4.79 Å². The van der Waals surface area contributed by atoms with Crippen molar-refractivity contribution in [2.45, 2.75) is 26.0 Å². The Morgan fingerprint density at radius 2 is 2.05 bits per heavy atom. The van der Waals surface area contributed by atoms with Gasteiger partial charge >= 0.3 is 5.97 Å². The van der Waals surface area contributed by atoms with Crippen LogP contribution in [0.5, 0.6) is 0 Å². The number of rotatable bonds is 6. The predicted octanol–water partition coefficient (Wildman–Crippen LogP) is 1.88. The van der Waals surface area contributed by atoms with Crippen molar-refractivity contribution in [1.82, 2.24) is 4.57 Å². The molecule has 1 unspecified atom stereocenters. The molecule has 0 spiro atoms. The maximum atomic E-state index is 11.9. The molecule has 1 atom stereocenters. The van der Waals surface area contributed by atoms with Gasteiger partial charge in [-0.05, 0) is 24.4 Å². The van der Waals surface area contributed by atoms with Crippen LogP contribution >= 0.6 is 0 Å². The second-order valence-electron chi connectivity index (χ2n) is 4.45. The highest BCUT2D eigenvalue weighted by Crippen LogP contribution is 2.12. The van der Waals surface area contributed by atoms with Crippen LogP contribution in [0, 0.1) is 0 Å². The van der Waals surface area contributed by atoms with Gasteiger partial charge in [0.15, 0.2) is 6.10 Å². The highest BCUT2D eigenvalue weighted by atomic mass is 16.5. The fraction of sp³-hybridized carbons (Fsp3) is 0.333. The van der Waals surface area contributed by atoms with Crippen LogP contribution in [0.1, 0.15) is 13.3 Å². The number of pyridine rings is 1. The molecule has 0 bridgehead atoms. The van der Waals surface area contributed by atoms with Gasteiger partial charge in [0.1, 0.15) is 0 Å². The van der Waals surface area contributed by atoms with Crippen LogP contribution in [-0.4, -0.2) is 28.4 Å². The Hall–Kier alpha value is -2.14. The van der Waals surface area contributed by atoms with Crippen LogP contribution in [0.3, 0.4) is 0 Å². The highest BCUT2D eigenvalue weighted by molar-refractivity contribution is 5.78. The molecule has 0 fully saturated rings. The number of para-hydroxylation sites is 1. The van der Waals surface area contributed by atoms with Gasteiger partial charge in [0.05, 0.1) is 5.52 Å². The number of carboxylic acids is 1. The summed E-state index contributed by atoms with van der Waals surface area (Å²) in [6.45, 7) is 2.40. The highest BCUT2D eigenvalue weighted by Gasteiger charge is 2.17. The Morgan fingerprint density at radius 1 is 1.30 bits per heavy atom. The molecule has 1 aromatic carbocycles. The topological polar surface area (TPSA) is 68.5 Å². The lowest BCUT2D eigenvalue weighted by Gasteiger charge is -2.14. The van der Waals surface area contributed by atoms with E-state index in [0.29, 0.717) is 13.2 Å². The zero-order valence-corrected chi connectivity index (χ0v) is 11.3. The molecule has 5 nitrogen and oxygen atoms in total. The van der Waals surface area contributed by atoms with E-state index < -0.39 is 12.1 Å². The fourth-order valence-corrected chi connectivity index (χ4v) is 2.20. The lowest BCUT2D eigenvalue weighted by atomic mass is 10.2. The first-order valence-electron chi connectivity index (χ1n) is 6.56. The van der Waals surface area contributed by atoms with Gasteiger partial charge in [-0.15, -0.1) is 0 Å². The van der Waals surface area contributed by atoms with E-state index in [4.69, 9.17) is 9.84 Å². The lowest BCUT2D eigenvalue weighted by Crippen LogP contribution is -2.28. The Bertz CT molecular complexity index is 662.